The maximum Gasteiger partial charge on any atom is 0.161 e. The minimum absolute atomic E-state index is 0.370. The normalized spacial score (nSPS) is 30.9. The highest BCUT2D eigenvalue weighted by Crippen LogP contribution is 2.35. The van der Waals surface area contributed by atoms with E-state index >= 15 is 0 Å². The molecule has 0 heterocycles. The van der Waals surface area contributed by atoms with Gasteiger partial charge in [-0.05, 0) is 56.4 Å². The molecule has 0 saturated heterocycles. The minimum Gasteiger partial charge on any atom is -0.294 e. The summed E-state index contributed by atoms with van der Waals surface area (Å²) in [6.07, 6.45) is 13.0. The van der Waals surface area contributed by atoms with Crippen LogP contribution in [0.3, 0.4) is 0 Å². The van der Waals surface area contributed by atoms with Crippen molar-refractivity contribution in [2.75, 3.05) is 0 Å². The lowest BCUT2D eigenvalue weighted by molar-refractivity contribution is -0.119. The van der Waals surface area contributed by atoms with Gasteiger partial charge in [0, 0.05) is 5.92 Å². The molecule has 1 fully saturated rings. The molecule has 0 aromatic rings. The van der Waals surface area contributed by atoms with Crippen LogP contribution in [0.4, 0.5) is 0 Å². The first-order chi connectivity index (χ1) is 7.81. The van der Waals surface area contributed by atoms with Crippen LogP contribution in [0.1, 0.15) is 64.7 Å². The smallest absolute Gasteiger partial charge is 0.161 e. The number of Topliss-reactive ketones (excluding diaryl/α,β-unsaturated/α-hetero) is 1. The van der Waals surface area contributed by atoms with E-state index in [-0.39, 0.29) is 0 Å². The highest BCUT2D eigenvalue weighted by Gasteiger charge is 2.30. The highest BCUT2D eigenvalue weighted by atomic mass is 16.1. The standard InChI is InChI=1S/C15H24O/c1-2-12-9-10-14(11-12)15(16)13-7-5-3-4-6-8-13/h7,12,14H,2-6,8-11H2,1H3. The molecule has 1 heteroatoms. The molecular weight excluding hydrogens is 196 g/mol. The summed E-state index contributed by atoms with van der Waals surface area (Å²) in [7, 11) is 0. The Hall–Kier alpha value is -0.590. The predicted molar refractivity (Wildman–Crippen MR) is 67.3 cm³/mol. The zero-order valence-corrected chi connectivity index (χ0v) is 10.5. The Kier molecular flexibility index (Phi) is 4.20. The largest absolute Gasteiger partial charge is 0.294 e. The van der Waals surface area contributed by atoms with Crippen LogP contribution in [0.15, 0.2) is 11.6 Å². The van der Waals surface area contributed by atoms with Gasteiger partial charge in [-0.2, -0.15) is 0 Å². The quantitative estimate of drug-likeness (QED) is 0.694. The average Bonchev–Trinajstić information content (AvgIpc) is 2.62. The van der Waals surface area contributed by atoms with Crippen molar-refractivity contribution in [1.29, 1.82) is 0 Å². The summed E-state index contributed by atoms with van der Waals surface area (Å²) < 4.78 is 0. The number of rotatable bonds is 3. The van der Waals surface area contributed by atoms with E-state index in [1.54, 1.807) is 0 Å². The lowest BCUT2D eigenvalue weighted by atomic mass is 9.92. The first kappa shape index (κ1) is 11.9. The zero-order chi connectivity index (χ0) is 11.4. The molecule has 0 aromatic heterocycles. The van der Waals surface area contributed by atoms with Crippen LogP contribution in [-0.4, -0.2) is 5.78 Å². The van der Waals surface area contributed by atoms with Gasteiger partial charge in [-0.25, -0.2) is 0 Å². The van der Waals surface area contributed by atoms with Gasteiger partial charge in [-0.15, -0.1) is 0 Å². The van der Waals surface area contributed by atoms with Gasteiger partial charge in [0.2, 0.25) is 0 Å². The zero-order valence-electron chi connectivity index (χ0n) is 10.5. The van der Waals surface area contributed by atoms with Crippen LogP contribution < -0.4 is 0 Å². The van der Waals surface area contributed by atoms with E-state index in [2.05, 4.69) is 13.0 Å². The van der Waals surface area contributed by atoms with Gasteiger partial charge in [0.25, 0.3) is 0 Å². The van der Waals surface area contributed by atoms with Crippen LogP contribution in [0.5, 0.6) is 0 Å². The molecule has 1 saturated carbocycles. The molecule has 2 rings (SSSR count). The number of allylic oxidation sites excluding steroid dienone is 2. The third-order valence-electron chi connectivity index (χ3n) is 4.35. The molecule has 0 radical (unpaired) electrons. The molecule has 0 bridgehead atoms. The fraction of sp³-hybridized carbons (Fsp3) is 0.800. The molecule has 0 spiro atoms. The van der Waals surface area contributed by atoms with Crippen LogP contribution in [0.2, 0.25) is 0 Å². The van der Waals surface area contributed by atoms with Crippen molar-refractivity contribution < 1.29 is 4.79 Å². The van der Waals surface area contributed by atoms with Crippen molar-refractivity contribution in [2.24, 2.45) is 11.8 Å². The molecule has 90 valence electrons. The molecule has 2 aliphatic rings. The number of ketones is 1. The second-order valence-corrected chi connectivity index (χ2v) is 5.48. The summed E-state index contributed by atoms with van der Waals surface area (Å²) in [4.78, 5) is 12.3. The Morgan fingerprint density at radius 3 is 2.94 bits per heavy atom. The van der Waals surface area contributed by atoms with Crippen molar-refractivity contribution in [3.05, 3.63) is 11.6 Å². The van der Waals surface area contributed by atoms with Crippen molar-refractivity contribution in [3.63, 3.8) is 0 Å². The number of carbonyl (C=O) groups is 1. The molecule has 0 N–H and O–H groups in total. The topological polar surface area (TPSA) is 17.1 Å². The molecule has 0 aromatic carbocycles. The van der Waals surface area contributed by atoms with Gasteiger partial charge in [0.05, 0.1) is 0 Å². The number of hydrogen-bond acceptors (Lipinski definition) is 1. The summed E-state index contributed by atoms with van der Waals surface area (Å²) in [5.41, 5.74) is 1.17. The fourth-order valence-corrected chi connectivity index (χ4v) is 3.18. The number of hydrogen-bond donors (Lipinski definition) is 0. The lowest BCUT2D eigenvalue weighted by Gasteiger charge is -2.11. The maximum atomic E-state index is 12.3. The Balaban J connectivity index is 1.94. The van der Waals surface area contributed by atoms with Crippen LogP contribution >= 0.6 is 0 Å². The summed E-state index contributed by atoms with van der Waals surface area (Å²) in [6, 6.07) is 0. The Morgan fingerprint density at radius 1 is 1.31 bits per heavy atom. The van der Waals surface area contributed by atoms with Gasteiger partial charge < -0.3 is 0 Å². The van der Waals surface area contributed by atoms with E-state index in [0.29, 0.717) is 11.7 Å². The second kappa shape index (κ2) is 5.65. The van der Waals surface area contributed by atoms with E-state index in [1.807, 2.05) is 0 Å². The Bertz CT molecular complexity index is 277. The van der Waals surface area contributed by atoms with Crippen molar-refractivity contribution in [3.8, 4) is 0 Å². The summed E-state index contributed by atoms with van der Waals surface area (Å²) >= 11 is 0. The Labute approximate surface area is 99.3 Å². The average molecular weight is 220 g/mol. The minimum atomic E-state index is 0.370. The van der Waals surface area contributed by atoms with Crippen molar-refractivity contribution in [2.45, 2.75) is 64.7 Å². The van der Waals surface area contributed by atoms with Gasteiger partial charge in [-0.1, -0.05) is 25.8 Å². The molecule has 2 atom stereocenters. The molecule has 16 heavy (non-hydrogen) atoms. The van der Waals surface area contributed by atoms with Gasteiger partial charge in [0.15, 0.2) is 5.78 Å². The second-order valence-electron chi connectivity index (χ2n) is 5.48. The van der Waals surface area contributed by atoms with Crippen molar-refractivity contribution in [1.82, 2.24) is 0 Å². The molecule has 0 aliphatic heterocycles. The van der Waals surface area contributed by atoms with Crippen LogP contribution in [0, 0.1) is 11.8 Å². The SMILES string of the molecule is CCC1CCC(C(=O)C2=CCCCCC2)C1. The van der Waals surface area contributed by atoms with Crippen LogP contribution in [0.25, 0.3) is 0 Å². The first-order valence-electron chi connectivity index (χ1n) is 7.04. The first-order valence-corrected chi connectivity index (χ1v) is 7.04. The van der Waals surface area contributed by atoms with Gasteiger partial charge in [0.1, 0.15) is 0 Å². The molecule has 2 aliphatic carbocycles. The molecular formula is C15H24O. The van der Waals surface area contributed by atoms with Gasteiger partial charge >= 0.3 is 0 Å². The van der Waals surface area contributed by atoms with Crippen LogP contribution in [-0.2, 0) is 4.79 Å². The van der Waals surface area contributed by atoms with E-state index in [1.165, 1.54) is 37.7 Å². The van der Waals surface area contributed by atoms with E-state index in [0.717, 1.165) is 31.6 Å². The molecule has 0 amide bonds. The monoisotopic (exact) mass is 220 g/mol. The highest BCUT2D eigenvalue weighted by molar-refractivity contribution is 5.97. The van der Waals surface area contributed by atoms with E-state index in [4.69, 9.17) is 0 Å². The van der Waals surface area contributed by atoms with Crippen molar-refractivity contribution >= 4 is 5.78 Å². The Morgan fingerprint density at radius 2 is 2.19 bits per heavy atom. The van der Waals surface area contributed by atoms with E-state index < -0.39 is 0 Å². The number of carbonyl (C=O) groups excluding carboxylic acids is 1. The fourth-order valence-electron chi connectivity index (χ4n) is 3.18. The molecule has 1 nitrogen and oxygen atoms in total. The summed E-state index contributed by atoms with van der Waals surface area (Å²) in [6.45, 7) is 2.25. The maximum absolute atomic E-state index is 12.3. The third kappa shape index (κ3) is 2.75. The van der Waals surface area contributed by atoms with Gasteiger partial charge in [-0.3, -0.25) is 4.79 Å². The van der Waals surface area contributed by atoms with E-state index in [9.17, 15) is 4.79 Å². The third-order valence-corrected chi connectivity index (χ3v) is 4.35. The predicted octanol–water partition coefficient (Wildman–Crippen LogP) is 4.27. The lowest BCUT2D eigenvalue weighted by Crippen LogP contribution is -2.14. The molecule has 2 unspecified atom stereocenters. The summed E-state index contributed by atoms with van der Waals surface area (Å²) in [5, 5.41) is 0. The summed E-state index contributed by atoms with van der Waals surface area (Å²) in [5.74, 6) is 1.69.